The van der Waals surface area contributed by atoms with Crippen LogP contribution in [0.5, 0.6) is 0 Å². The van der Waals surface area contributed by atoms with Crippen molar-refractivity contribution in [3.63, 3.8) is 0 Å². The number of nitrogens with one attached hydrogen (secondary N) is 1. The van der Waals surface area contributed by atoms with Gasteiger partial charge in [-0.2, -0.15) is 9.97 Å². The van der Waals surface area contributed by atoms with E-state index in [9.17, 15) is 28.0 Å². The van der Waals surface area contributed by atoms with Gasteiger partial charge < -0.3 is 52.1 Å². The maximum absolute atomic E-state index is 14.9. The molecule has 0 saturated carbocycles. The minimum atomic E-state index is -0.639. The molecule has 0 bridgehead atoms. The van der Waals surface area contributed by atoms with Crippen molar-refractivity contribution < 1.29 is 90.5 Å². The fourth-order valence-corrected chi connectivity index (χ4v) is 8.88. The van der Waals surface area contributed by atoms with E-state index in [0.29, 0.717) is 95.3 Å². The molecule has 25 heteroatoms. The monoisotopic (exact) mass is 1110 g/mol. The molecule has 0 unspecified atom stereocenters. The Bertz CT molecular complexity index is 2940. The zero-order valence-electron chi connectivity index (χ0n) is 46.4. The van der Waals surface area contributed by atoms with E-state index in [1.54, 1.807) is 19.9 Å². The Morgan fingerprint density at radius 1 is 0.646 bits per heavy atom. The molecule has 4 saturated heterocycles. The number of halogens is 2. The number of benzene rings is 2. The average Bonchev–Trinajstić information content (AvgIpc) is 4.13. The third-order valence-corrected chi connectivity index (χ3v) is 13.0. The Hall–Kier alpha value is -6.02. The molecule has 419 valence electrons. The van der Waals surface area contributed by atoms with Gasteiger partial charge in [0.15, 0.2) is 0 Å². The van der Waals surface area contributed by atoms with Crippen molar-refractivity contribution in [2.24, 2.45) is 5.73 Å². The summed E-state index contributed by atoms with van der Waals surface area (Å²) in [5.74, 6) is 1.05. The van der Waals surface area contributed by atoms with Crippen LogP contribution >= 0.6 is 0 Å². The van der Waals surface area contributed by atoms with Gasteiger partial charge in [-0.05, 0) is 98.9 Å². The molecule has 4 aliphatic rings. The number of aromatic nitrogens is 6. The number of carbonyl (C=O) groups is 4. The molecular formula is C54H69BF2N10NaO11. The molecule has 4 aliphatic heterocycles. The van der Waals surface area contributed by atoms with Crippen molar-refractivity contribution in [1.29, 1.82) is 0 Å². The number of hydrogen-bond acceptors (Lipinski definition) is 21. The first kappa shape index (κ1) is 63.8. The Kier molecular flexibility index (Phi) is 25.6. The second-order valence-corrected chi connectivity index (χ2v) is 19.0. The van der Waals surface area contributed by atoms with Gasteiger partial charge in [0.2, 0.25) is 29.4 Å². The summed E-state index contributed by atoms with van der Waals surface area (Å²) in [6.07, 6.45) is 8.68. The van der Waals surface area contributed by atoms with Gasteiger partial charge >= 0.3 is 41.5 Å². The summed E-state index contributed by atoms with van der Waals surface area (Å²) in [5, 5.41) is 13.4. The van der Waals surface area contributed by atoms with E-state index in [4.69, 9.17) is 29.2 Å². The van der Waals surface area contributed by atoms with E-state index in [-0.39, 0.29) is 47.0 Å². The van der Waals surface area contributed by atoms with E-state index >= 15 is 0 Å². The maximum Gasteiger partial charge on any atom is 1.00 e. The second kappa shape index (κ2) is 31.7. The molecule has 3 N–H and O–H groups in total. The molecule has 10 rings (SSSR count). The number of ketones is 1. The van der Waals surface area contributed by atoms with Crippen LogP contribution < -0.4 is 50.4 Å². The summed E-state index contributed by atoms with van der Waals surface area (Å²) >= 11 is 0. The van der Waals surface area contributed by atoms with E-state index in [2.05, 4.69) is 58.0 Å². The van der Waals surface area contributed by atoms with E-state index < -0.39 is 17.9 Å². The number of ether oxygens (including phenoxy) is 2. The van der Waals surface area contributed by atoms with Crippen LogP contribution in [0.4, 0.5) is 20.4 Å². The molecule has 4 aromatic heterocycles. The van der Waals surface area contributed by atoms with Gasteiger partial charge in [0.1, 0.15) is 40.1 Å². The van der Waals surface area contributed by atoms with Crippen molar-refractivity contribution in [2.45, 2.75) is 131 Å². The summed E-state index contributed by atoms with van der Waals surface area (Å²) in [4.78, 5) is 70.8. The van der Waals surface area contributed by atoms with Gasteiger partial charge in [-0.25, -0.2) is 38.1 Å². The Morgan fingerprint density at radius 3 is 1.41 bits per heavy atom. The van der Waals surface area contributed by atoms with Crippen molar-refractivity contribution in [2.75, 3.05) is 62.4 Å². The van der Waals surface area contributed by atoms with Crippen LogP contribution in [0.25, 0.3) is 44.6 Å². The SMILES string of the molecule is CC(=O)OOC(C)=O.CCc1cc(F)c2nc(N3CCC(=O)CC3)c(-c3noc(C)n3)cc2c1.CCc1cc(F)c2nc(N3CCC(NC4CCOCC4)CC3)c(-c3noc(C)n3)cc2c1.NC1CCOCC1.[B-]OC(C)=O.[Na+]. The number of Topliss-reactive ketones (excluding diaryl/α,β-unsaturated/α-hetero) is 1. The number of fused-ring (bicyclic) bond motifs is 2. The van der Waals surface area contributed by atoms with Crippen LogP contribution in [0.3, 0.4) is 0 Å². The molecule has 0 atom stereocenters. The number of carbonyl (C=O) groups excluding carboxylic acids is 4. The summed E-state index contributed by atoms with van der Waals surface area (Å²) in [6.45, 7) is 17.2. The smallest absolute Gasteiger partial charge is 0.793 e. The first-order chi connectivity index (χ1) is 37.4. The molecule has 0 amide bonds. The summed E-state index contributed by atoms with van der Waals surface area (Å²) < 4.78 is 54.0. The average molecular weight is 1110 g/mol. The van der Waals surface area contributed by atoms with Crippen LogP contribution in [-0.2, 0) is 55.9 Å². The summed E-state index contributed by atoms with van der Waals surface area (Å²) in [5.41, 5.74) is 9.60. The molecule has 0 spiro atoms. The van der Waals surface area contributed by atoms with Gasteiger partial charge in [-0.3, -0.25) is 9.59 Å². The van der Waals surface area contributed by atoms with Crippen molar-refractivity contribution in [3.8, 4) is 22.8 Å². The number of anilines is 2. The fourth-order valence-electron chi connectivity index (χ4n) is 8.88. The normalized spacial score (nSPS) is 15.9. The van der Waals surface area contributed by atoms with Crippen LogP contribution in [0.2, 0.25) is 0 Å². The molecular weight excluding hydrogens is 1040 g/mol. The van der Waals surface area contributed by atoms with E-state index in [0.717, 1.165) is 133 Å². The van der Waals surface area contributed by atoms with Crippen molar-refractivity contribution >= 4 is 65.2 Å². The minimum absolute atomic E-state index is 0. The topological polar surface area (TPSA) is 263 Å². The molecule has 2 aromatic carbocycles. The number of rotatable bonds is 8. The van der Waals surface area contributed by atoms with Gasteiger partial charge in [0.25, 0.3) is 0 Å². The molecule has 8 heterocycles. The predicted octanol–water partition coefficient (Wildman–Crippen LogP) is 4.28. The fraction of sp³-hybridized carbons (Fsp3) is 0.519. The van der Waals surface area contributed by atoms with Gasteiger partial charge in [0, 0.05) is 129 Å². The maximum atomic E-state index is 14.9. The first-order valence-corrected chi connectivity index (χ1v) is 26.2. The number of nitrogens with two attached hydrogens (primary N) is 1. The third kappa shape index (κ3) is 19.3. The molecule has 21 nitrogen and oxygen atoms in total. The number of piperidine rings is 2. The van der Waals surface area contributed by atoms with Crippen molar-refractivity contribution in [1.82, 2.24) is 35.6 Å². The molecule has 4 fully saturated rings. The Morgan fingerprint density at radius 2 is 1.05 bits per heavy atom. The van der Waals surface area contributed by atoms with Crippen LogP contribution in [0, 0.1) is 25.5 Å². The largest absolute Gasteiger partial charge is 1.00 e. The Labute approximate surface area is 481 Å². The standard InChI is InChI=1S/C24H30FN5O2.C19H19FN4O2.C5H11NO.C4H6O4.C2H3BO2.Na/c1-3-16-12-17-14-20(23-26-15(2)32-29-23)24(28-22(17)21(25)13-16)30-8-4-18(5-9-30)27-19-6-10-31-11-7-19;1-3-12-8-13-10-15(18-21-11(2)26-23-18)19(22-17(13)16(20)9-12)24-6-4-14(25)5-7-24;6-5-1-3-7-4-2-5;1-3(5)7-8-4(2)6;1-2(4)5-3;/h12-14,18-19,27H,3-11H2,1-2H3;8-10H,3-7H2,1-2H3;5H,1-4,6H2;1-2H3;1H3;/q;;;;-1;+1. The number of aryl methyl sites for hydroxylation is 4. The summed E-state index contributed by atoms with van der Waals surface area (Å²) in [7, 11) is 4.32. The van der Waals surface area contributed by atoms with Crippen LogP contribution in [0.1, 0.15) is 109 Å². The number of nitrogens with zero attached hydrogens (tertiary/aromatic N) is 8. The molecule has 0 aliphatic carbocycles. The molecule has 3 radical (unpaired) electrons. The van der Waals surface area contributed by atoms with E-state index in [1.165, 1.54) is 13.0 Å². The zero-order valence-corrected chi connectivity index (χ0v) is 48.4. The third-order valence-electron chi connectivity index (χ3n) is 13.0. The second-order valence-electron chi connectivity index (χ2n) is 19.0. The van der Waals surface area contributed by atoms with Crippen LogP contribution in [0.15, 0.2) is 45.4 Å². The van der Waals surface area contributed by atoms with Gasteiger partial charge in [-0.15, -0.1) is 0 Å². The minimum Gasteiger partial charge on any atom is -0.793 e. The first-order valence-electron chi connectivity index (χ1n) is 26.2. The number of hydrogen-bond donors (Lipinski definition) is 2. The molecule has 6 aromatic rings. The quantitative estimate of drug-likeness (QED) is 0.122. The zero-order chi connectivity index (χ0) is 56.3. The predicted molar refractivity (Wildman–Crippen MR) is 286 cm³/mol. The van der Waals surface area contributed by atoms with E-state index in [1.807, 2.05) is 43.0 Å². The number of pyridine rings is 2. The summed E-state index contributed by atoms with van der Waals surface area (Å²) in [6, 6.07) is 12.3. The van der Waals surface area contributed by atoms with Crippen LogP contribution in [-0.4, -0.2) is 133 Å². The van der Waals surface area contributed by atoms with Gasteiger partial charge in [0.05, 0.1) is 11.1 Å². The molecule has 79 heavy (non-hydrogen) atoms. The van der Waals surface area contributed by atoms with Gasteiger partial charge in [-0.1, -0.05) is 24.2 Å². The Balaban J connectivity index is 0.000000216. The van der Waals surface area contributed by atoms with Crippen molar-refractivity contribution in [3.05, 3.63) is 70.9 Å².